The topological polar surface area (TPSA) is 39.4 Å². The standard InChI is InChI=1S/C21H23F4N3O2S/c1-26-15(8-17(29)27-5-3-4-12(27)10-30-2)16-6-11(9-28(16)21(26)31)18-19(24)13(22)7-14(23)20(18)25/h7,11-12H,3-6,8-10H2,1-2H3/t11-,12-/m0/s1. The fraction of sp³-hybridized carbons (Fsp3) is 0.524. The molecule has 0 bridgehead atoms. The van der Waals surface area contributed by atoms with Crippen molar-refractivity contribution in [2.24, 2.45) is 7.05 Å². The fourth-order valence-electron chi connectivity index (χ4n) is 4.83. The van der Waals surface area contributed by atoms with Gasteiger partial charge in [0.2, 0.25) is 5.91 Å². The van der Waals surface area contributed by atoms with Gasteiger partial charge in [0.05, 0.1) is 19.1 Å². The van der Waals surface area contributed by atoms with Crippen molar-refractivity contribution in [1.82, 2.24) is 14.0 Å². The fourth-order valence-corrected chi connectivity index (χ4v) is 5.13. The van der Waals surface area contributed by atoms with Crippen LogP contribution in [-0.2, 0) is 36.0 Å². The Morgan fingerprint density at radius 1 is 1.23 bits per heavy atom. The van der Waals surface area contributed by atoms with E-state index >= 15 is 0 Å². The van der Waals surface area contributed by atoms with Crippen LogP contribution in [0.25, 0.3) is 0 Å². The highest BCUT2D eigenvalue weighted by Gasteiger charge is 2.36. The second-order valence-electron chi connectivity index (χ2n) is 8.14. The summed E-state index contributed by atoms with van der Waals surface area (Å²) in [6.45, 7) is 1.20. The van der Waals surface area contributed by atoms with Gasteiger partial charge < -0.3 is 18.8 Å². The molecule has 0 radical (unpaired) electrons. The number of nitrogens with zero attached hydrogens (tertiary/aromatic N) is 3. The van der Waals surface area contributed by atoms with E-state index in [2.05, 4.69) is 0 Å². The molecule has 1 aromatic heterocycles. The van der Waals surface area contributed by atoms with Gasteiger partial charge in [0.25, 0.3) is 0 Å². The Morgan fingerprint density at radius 3 is 2.55 bits per heavy atom. The van der Waals surface area contributed by atoms with Crippen molar-refractivity contribution in [3.05, 3.63) is 51.1 Å². The van der Waals surface area contributed by atoms with Gasteiger partial charge >= 0.3 is 0 Å². The number of carbonyl (C=O) groups excluding carboxylic acids is 1. The van der Waals surface area contributed by atoms with E-state index in [4.69, 9.17) is 17.0 Å². The van der Waals surface area contributed by atoms with Crippen LogP contribution in [0.1, 0.15) is 35.7 Å². The minimum Gasteiger partial charge on any atom is -0.383 e. The van der Waals surface area contributed by atoms with Gasteiger partial charge in [-0.3, -0.25) is 4.79 Å². The van der Waals surface area contributed by atoms with Gasteiger partial charge in [-0.25, -0.2) is 17.6 Å². The maximum atomic E-state index is 14.3. The summed E-state index contributed by atoms with van der Waals surface area (Å²) in [4.78, 5) is 14.8. The van der Waals surface area contributed by atoms with Gasteiger partial charge in [0.15, 0.2) is 28.0 Å². The Bertz CT molecular complexity index is 1070. The van der Waals surface area contributed by atoms with Crippen molar-refractivity contribution in [2.45, 2.75) is 44.2 Å². The molecular formula is C21H23F4N3O2S. The number of aromatic nitrogens is 2. The number of carbonyl (C=O) groups is 1. The first-order valence-electron chi connectivity index (χ1n) is 10.1. The van der Waals surface area contributed by atoms with Crippen molar-refractivity contribution >= 4 is 18.1 Å². The molecule has 2 aliphatic rings. The molecule has 0 spiro atoms. The molecule has 168 valence electrons. The molecule has 3 heterocycles. The molecule has 2 aliphatic heterocycles. The van der Waals surface area contributed by atoms with Gasteiger partial charge in [0, 0.05) is 56.2 Å². The van der Waals surface area contributed by atoms with Crippen LogP contribution in [0.3, 0.4) is 0 Å². The molecule has 0 aliphatic carbocycles. The van der Waals surface area contributed by atoms with E-state index in [1.165, 1.54) is 0 Å². The quantitative estimate of drug-likeness (QED) is 0.391. The first kappa shape index (κ1) is 22.0. The van der Waals surface area contributed by atoms with Gasteiger partial charge in [-0.05, 0) is 31.5 Å². The molecule has 5 nitrogen and oxygen atoms in total. The largest absolute Gasteiger partial charge is 0.383 e. The number of likely N-dealkylation sites (tertiary alicyclic amines) is 1. The van der Waals surface area contributed by atoms with Crippen molar-refractivity contribution in [2.75, 3.05) is 20.3 Å². The summed E-state index contributed by atoms with van der Waals surface area (Å²) < 4.78 is 65.1. The Balaban J connectivity index is 1.63. The lowest BCUT2D eigenvalue weighted by molar-refractivity contribution is -0.132. The van der Waals surface area contributed by atoms with E-state index in [0.717, 1.165) is 12.8 Å². The average molecular weight is 457 g/mol. The van der Waals surface area contributed by atoms with Crippen LogP contribution in [0.4, 0.5) is 17.6 Å². The normalized spacial score (nSPS) is 20.5. The van der Waals surface area contributed by atoms with E-state index in [9.17, 15) is 22.4 Å². The van der Waals surface area contributed by atoms with Crippen LogP contribution in [0.2, 0.25) is 0 Å². The highest BCUT2D eigenvalue weighted by molar-refractivity contribution is 7.71. The molecule has 0 N–H and O–H groups in total. The molecule has 1 saturated heterocycles. The number of fused-ring (bicyclic) bond motifs is 1. The van der Waals surface area contributed by atoms with Crippen LogP contribution in [0.5, 0.6) is 0 Å². The summed E-state index contributed by atoms with van der Waals surface area (Å²) in [5, 5.41) is 0. The number of halogens is 4. The predicted molar refractivity (Wildman–Crippen MR) is 107 cm³/mol. The third-order valence-electron chi connectivity index (χ3n) is 6.35. The number of amides is 1. The lowest BCUT2D eigenvalue weighted by atomic mass is 9.94. The van der Waals surface area contributed by atoms with E-state index in [-0.39, 0.29) is 37.4 Å². The summed E-state index contributed by atoms with van der Waals surface area (Å²) in [6, 6.07) is 0.228. The maximum absolute atomic E-state index is 14.3. The highest BCUT2D eigenvalue weighted by atomic mass is 32.1. The van der Waals surface area contributed by atoms with E-state index in [1.54, 1.807) is 28.2 Å². The number of benzene rings is 1. The molecule has 0 unspecified atom stereocenters. The van der Waals surface area contributed by atoms with Crippen molar-refractivity contribution in [3.63, 3.8) is 0 Å². The van der Waals surface area contributed by atoms with Gasteiger partial charge in [-0.1, -0.05) is 0 Å². The summed E-state index contributed by atoms with van der Waals surface area (Å²) in [7, 11) is 3.34. The van der Waals surface area contributed by atoms with Crippen LogP contribution < -0.4 is 0 Å². The molecule has 1 aromatic carbocycles. The summed E-state index contributed by atoms with van der Waals surface area (Å²) >= 11 is 5.46. The van der Waals surface area contributed by atoms with Crippen LogP contribution in [-0.4, -0.2) is 46.2 Å². The molecule has 0 saturated carbocycles. The second kappa shape index (κ2) is 8.38. The molecule has 10 heteroatoms. The predicted octanol–water partition coefficient (Wildman–Crippen LogP) is 3.63. The zero-order valence-electron chi connectivity index (χ0n) is 17.3. The first-order valence-corrected chi connectivity index (χ1v) is 10.5. The minimum atomic E-state index is -1.43. The molecule has 4 rings (SSSR count). The zero-order chi connectivity index (χ0) is 22.4. The minimum absolute atomic E-state index is 0.0210. The molecule has 31 heavy (non-hydrogen) atoms. The number of hydrogen-bond donors (Lipinski definition) is 0. The number of rotatable bonds is 5. The Labute approximate surface area is 182 Å². The van der Waals surface area contributed by atoms with Crippen molar-refractivity contribution < 1.29 is 27.1 Å². The molecule has 1 amide bonds. The van der Waals surface area contributed by atoms with E-state index < -0.39 is 34.8 Å². The van der Waals surface area contributed by atoms with Gasteiger partial charge in [0.1, 0.15) is 0 Å². The number of imidazole rings is 1. The third-order valence-corrected chi connectivity index (χ3v) is 6.85. The number of ether oxygens (including phenoxy) is 1. The van der Waals surface area contributed by atoms with Gasteiger partial charge in [-0.2, -0.15) is 0 Å². The Morgan fingerprint density at radius 2 is 1.90 bits per heavy atom. The SMILES string of the molecule is COC[C@@H]1CCCN1C(=O)Cc1c2n(c(=S)n1C)C[C@@H](c1c(F)c(F)cc(F)c1F)C2. The van der Waals surface area contributed by atoms with Crippen molar-refractivity contribution in [3.8, 4) is 0 Å². The van der Waals surface area contributed by atoms with Crippen LogP contribution >= 0.6 is 12.2 Å². The Kier molecular flexibility index (Phi) is 5.95. The molecular weight excluding hydrogens is 434 g/mol. The zero-order valence-corrected chi connectivity index (χ0v) is 18.1. The van der Waals surface area contributed by atoms with Crippen LogP contribution in [0.15, 0.2) is 6.07 Å². The van der Waals surface area contributed by atoms with E-state index in [0.29, 0.717) is 29.3 Å². The lowest BCUT2D eigenvalue weighted by Crippen LogP contribution is -2.39. The number of methoxy groups -OCH3 is 1. The smallest absolute Gasteiger partial charge is 0.228 e. The highest BCUT2D eigenvalue weighted by Crippen LogP contribution is 2.37. The average Bonchev–Trinajstić information content (AvgIpc) is 3.41. The maximum Gasteiger partial charge on any atom is 0.228 e. The second-order valence-corrected chi connectivity index (χ2v) is 8.51. The van der Waals surface area contributed by atoms with Crippen LogP contribution in [0, 0.1) is 28.0 Å². The van der Waals surface area contributed by atoms with Gasteiger partial charge in [-0.15, -0.1) is 0 Å². The van der Waals surface area contributed by atoms with Crippen molar-refractivity contribution in [1.29, 1.82) is 0 Å². The molecule has 2 atom stereocenters. The molecule has 1 fully saturated rings. The molecule has 2 aromatic rings. The Hall–Kier alpha value is -2.20. The van der Waals surface area contributed by atoms with E-state index in [1.807, 2.05) is 0 Å². The summed E-state index contributed by atoms with van der Waals surface area (Å²) in [5.41, 5.74) is 0.699. The number of hydrogen-bond acceptors (Lipinski definition) is 3. The summed E-state index contributed by atoms with van der Waals surface area (Å²) in [5.74, 6) is -6.52. The summed E-state index contributed by atoms with van der Waals surface area (Å²) in [6.07, 6.45) is 1.98. The lowest BCUT2D eigenvalue weighted by Gasteiger charge is -2.24. The monoisotopic (exact) mass is 457 g/mol. The first-order chi connectivity index (χ1) is 14.7. The third kappa shape index (κ3) is 3.69.